The lowest BCUT2D eigenvalue weighted by molar-refractivity contribution is 0.366. The average molecular weight is 476 g/mol. The number of aryl methyl sites for hydroxylation is 1. The van der Waals surface area contributed by atoms with Gasteiger partial charge >= 0.3 is 5.69 Å². The van der Waals surface area contributed by atoms with E-state index in [2.05, 4.69) is 15.1 Å². The van der Waals surface area contributed by atoms with Crippen LogP contribution in [0.1, 0.15) is 49.0 Å². The van der Waals surface area contributed by atoms with Crippen molar-refractivity contribution in [2.45, 2.75) is 58.5 Å². The van der Waals surface area contributed by atoms with Crippen molar-refractivity contribution in [3.8, 4) is 0 Å². The molecule has 0 aliphatic carbocycles. The molecule has 3 aromatic rings. The summed E-state index contributed by atoms with van der Waals surface area (Å²) in [6.45, 7) is 2.80. The molecule has 0 radical (unpaired) electrons. The van der Waals surface area contributed by atoms with Gasteiger partial charge in [-0.2, -0.15) is 4.98 Å². The molecule has 4 rings (SSSR count). The van der Waals surface area contributed by atoms with Gasteiger partial charge in [0.1, 0.15) is 11.0 Å². The topological polar surface area (TPSA) is 95.3 Å². The molecule has 168 valence electrons. The van der Waals surface area contributed by atoms with Crippen LogP contribution in [0.4, 0.5) is 5.82 Å². The second-order valence-electron chi connectivity index (χ2n) is 7.72. The summed E-state index contributed by atoms with van der Waals surface area (Å²) < 4.78 is 8.16. The fourth-order valence-electron chi connectivity index (χ4n) is 3.68. The number of rotatable bonds is 9. The SMILES string of the molecule is CCCCn1c2c(c(=O)n(CCCc3nc(Cc4ccc(Cl)cc4)no3)c1=O)CC(Cl)=N2. The third-order valence-electron chi connectivity index (χ3n) is 5.33. The third kappa shape index (κ3) is 4.86. The Labute approximate surface area is 194 Å². The number of nitrogens with zero attached hydrogens (tertiary/aromatic N) is 5. The molecular weight excluding hydrogens is 453 g/mol. The van der Waals surface area contributed by atoms with Crippen molar-refractivity contribution in [2.75, 3.05) is 0 Å². The van der Waals surface area contributed by atoms with Crippen LogP contribution in [0.5, 0.6) is 0 Å². The van der Waals surface area contributed by atoms with Gasteiger partial charge in [-0.05, 0) is 30.5 Å². The molecule has 1 aromatic carbocycles. The lowest BCUT2D eigenvalue weighted by atomic mass is 10.1. The van der Waals surface area contributed by atoms with Crippen LogP contribution in [0.25, 0.3) is 0 Å². The van der Waals surface area contributed by atoms with Crippen molar-refractivity contribution in [3.05, 3.63) is 73.0 Å². The van der Waals surface area contributed by atoms with Gasteiger partial charge in [-0.15, -0.1) is 0 Å². The first-order valence-corrected chi connectivity index (χ1v) is 11.4. The van der Waals surface area contributed by atoms with Gasteiger partial charge in [0.25, 0.3) is 5.56 Å². The van der Waals surface area contributed by atoms with Gasteiger partial charge in [0, 0.05) is 37.4 Å². The molecule has 0 N–H and O–H groups in total. The van der Waals surface area contributed by atoms with Crippen molar-refractivity contribution < 1.29 is 4.52 Å². The van der Waals surface area contributed by atoms with Crippen molar-refractivity contribution in [1.29, 1.82) is 0 Å². The number of aliphatic imine (C=N–C) groups is 1. The first-order chi connectivity index (χ1) is 15.5. The van der Waals surface area contributed by atoms with E-state index in [0.29, 0.717) is 59.1 Å². The predicted molar refractivity (Wildman–Crippen MR) is 123 cm³/mol. The number of aromatic nitrogens is 4. The molecule has 0 unspecified atom stereocenters. The van der Waals surface area contributed by atoms with E-state index in [4.69, 9.17) is 27.7 Å². The van der Waals surface area contributed by atoms with Crippen LogP contribution in [-0.4, -0.2) is 24.4 Å². The zero-order valence-corrected chi connectivity index (χ0v) is 19.2. The standard InChI is InChI=1S/C22H23Cl2N5O3/c1-2-3-10-28-20-16(13-17(24)25-20)21(30)29(22(28)31)11-4-5-19-26-18(27-32-19)12-14-6-8-15(23)9-7-14/h6-9H,2-5,10-13H2,1H3. The van der Waals surface area contributed by atoms with Gasteiger partial charge in [0.05, 0.1) is 5.56 Å². The molecule has 1 aliphatic rings. The van der Waals surface area contributed by atoms with Crippen molar-refractivity contribution in [3.63, 3.8) is 0 Å². The number of halogens is 2. The van der Waals surface area contributed by atoms with E-state index in [1.165, 1.54) is 4.57 Å². The monoisotopic (exact) mass is 475 g/mol. The van der Waals surface area contributed by atoms with E-state index in [-0.39, 0.29) is 24.2 Å². The first-order valence-electron chi connectivity index (χ1n) is 10.6. The van der Waals surface area contributed by atoms with Gasteiger partial charge in [0.2, 0.25) is 5.89 Å². The summed E-state index contributed by atoms with van der Waals surface area (Å²) in [5, 5.41) is 5.02. The van der Waals surface area contributed by atoms with Crippen molar-refractivity contribution >= 4 is 34.2 Å². The number of hydrogen-bond acceptors (Lipinski definition) is 6. The predicted octanol–water partition coefficient (Wildman–Crippen LogP) is 3.90. The summed E-state index contributed by atoms with van der Waals surface area (Å²) >= 11 is 12.0. The Balaban J connectivity index is 1.45. The van der Waals surface area contributed by atoms with E-state index in [1.54, 1.807) is 4.57 Å². The lowest BCUT2D eigenvalue weighted by Gasteiger charge is -2.13. The number of hydrogen-bond donors (Lipinski definition) is 0. The minimum Gasteiger partial charge on any atom is -0.339 e. The maximum atomic E-state index is 13.0. The Morgan fingerprint density at radius 3 is 2.56 bits per heavy atom. The average Bonchev–Trinajstić information content (AvgIpc) is 3.38. The molecule has 1 aliphatic heterocycles. The van der Waals surface area contributed by atoms with Crippen LogP contribution in [0.2, 0.25) is 5.02 Å². The van der Waals surface area contributed by atoms with Crippen molar-refractivity contribution in [1.82, 2.24) is 19.3 Å². The lowest BCUT2D eigenvalue weighted by Crippen LogP contribution is -2.41. The third-order valence-corrected chi connectivity index (χ3v) is 5.80. The fourth-order valence-corrected chi connectivity index (χ4v) is 4.02. The minimum absolute atomic E-state index is 0.254. The Bertz CT molecular complexity index is 1260. The summed E-state index contributed by atoms with van der Waals surface area (Å²) in [4.78, 5) is 34.5. The molecule has 32 heavy (non-hydrogen) atoms. The molecule has 0 saturated carbocycles. The molecule has 2 aromatic heterocycles. The van der Waals surface area contributed by atoms with Crippen LogP contribution >= 0.6 is 23.2 Å². The first kappa shape index (κ1) is 22.5. The summed E-state index contributed by atoms with van der Waals surface area (Å²) in [6.07, 6.45) is 3.51. The van der Waals surface area contributed by atoms with Crippen molar-refractivity contribution in [2.24, 2.45) is 4.99 Å². The van der Waals surface area contributed by atoms with Gasteiger partial charge in [-0.3, -0.25) is 13.9 Å². The Kier molecular flexibility index (Phi) is 6.91. The van der Waals surface area contributed by atoms with Gasteiger partial charge in [-0.1, -0.05) is 53.8 Å². The summed E-state index contributed by atoms with van der Waals surface area (Å²) in [7, 11) is 0. The highest BCUT2D eigenvalue weighted by atomic mass is 35.5. The summed E-state index contributed by atoms with van der Waals surface area (Å²) in [5.74, 6) is 1.45. The number of unbranched alkanes of at least 4 members (excludes halogenated alkanes) is 1. The molecule has 0 fully saturated rings. The molecule has 0 amide bonds. The zero-order chi connectivity index (χ0) is 22.7. The minimum atomic E-state index is -0.355. The van der Waals surface area contributed by atoms with E-state index in [0.717, 1.165) is 18.4 Å². The molecule has 0 saturated heterocycles. The number of fused-ring (bicyclic) bond motifs is 1. The maximum Gasteiger partial charge on any atom is 0.332 e. The van der Waals surface area contributed by atoms with Crippen LogP contribution < -0.4 is 11.2 Å². The molecule has 0 spiro atoms. The van der Waals surface area contributed by atoms with Gasteiger partial charge in [-0.25, -0.2) is 9.79 Å². The second-order valence-corrected chi connectivity index (χ2v) is 8.60. The Morgan fingerprint density at radius 1 is 1.06 bits per heavy atom. The molecule has 3 heterocycles. The normalized spacial score (nSPS) is 12.8. The van der Waals surface area contributed by atoms with E-state index >= 15 is 0 Å². The van der Waals surface area contributed by atoms with E-state index < -0.39 is 0 Å². The highest BCUT2D eigenvalue weighted by molar-refractivity contribution is 6.66. The fraction of sp³-hybridized carbons (Fsp3) is 0.409. The Morgan fingerprint density at radius 2 is 1.81 bits per heavy atom. The van der Waals surface area contributed by atoms with E-state index in [9.17, 15) is 9.59 Å². The number of benzene rings is 1. The molecule has 0 atom stereocenters. The van der Waals surface area contributed by atoms with E-state index in [1.807, 2.05) is 31.2 Å². The summed E-state index contributed by atoms with van der Waals surface area (Å²) in [5.41, 5.74) is 0.825. The largest absolute Gasteiger partial charge is 0.339 e. The summed E-state index contributed by atoms with van der Waals surface area (Å²) in [6, 6.07) is 7.46. The highest BCUT2D eigenvalue weighted by Crippen LogP contribution is 2.24. The van der Waals surface area contributed by atoms with Crippen LogP contribution in [0.3, 0.4) is 0 Å². The van der Waals surface area contributed by atoms with Crippen LogP contribution in [0, 0.1) is 0 Å². The molecular formula is C22H23Cl2N5O3. The smallest absolute Gasteiger partial charge is 0.332 e. The quantitative estimate of drug-likeness (QED) is 0.467. The second kappa shape index (κ2) is 9.83. The maximum absolute atomic E-state index is 13.0. The van der Waals surface area contributed by atoms with Gasteiger partial charge in [0.15, 0.2) is 5.82 Å². The Hall–Kier alpha value is -2.71. The van der Waals surface area contributed by atoms with Crippen LogP contribution in [0.15, 0.2) is 43.4 Å². The molecule has 8 nitrogen and oxygen atoms in total. The zero-order valence-electron chi connectivity index (χ0n) is 17.7. The highest BCUT2D eigenvalue weighted by Gasteiger charge is 2.24. The molecule has 10 heteroatoms. The molecule has 0 bridgehead atoms. The van der Waals surface area contributed by atoms with Gasteiger partial charge < -0.3 is 4.52 Å². The van der Waals surface area contributed by atoms with Crippen LogP contribution in [-0.2, 0) is 32.4 Å².